The minimum Gasteiger partial charge on any atom is -0.392 e. The molecule has 0 aliphatic carbocycles. The molecule has 0 saturated carbocycles. The van der Waals surface area contributed by atoms with Gasteiger partial charge in [0.25, 0.3) is 0 Å². The van der Waals surface area contributed by atoms with Gasteiger partial charge in [0.05, 0.1) is 17.3 Å². The molecule has 0 aromatic carbocycles. The molecule has 0 aliphatic rings. The summed E-state index contributed by atoms with van der Waals surface area (Å²) in [5, 5.41) is 9.38. The van der Waals surface area contributed by atoms with Gasteiger partial charge in [0.2, 0.25) is 0 Å². The lowest BCUT2D eigenvalue weighted by Gasteiger charge is -2.04. The van der Waals surface area contributed by atoms with Crippen LogP contribution < -0.4 is 0 Å². The Morgan fingerprint density at radius 3 is 2.65 bits per heavy atom. The lowest BCUT2D eigenvalue weighted by molar-refractivity contribution is 0.111. The molecular weight excluding hydrogens is 240 g/mol. The van der Waals surface area contributed by atoms with Crippen LogP contribution in [0, 0.1) is 0 Å². The van der Waals surface area contributed by atoms with Gasteiger partial charge in [-0.05, 0) is 23.8 Å². The second-order valence-electron chi connectivity index (χ2n) is 3.42. The van der Waals surface area contributed by atoms with Gasteiger partial charge in [0, 0.05) is 18.0 Å². The number of aromatic nitrogens is 2. The summed E-state index contributed by atoms with van der Waals surface area (Å²) in [5.41, 5.74) is 2.31. The van der Waals surface area contributed by atoms with Crippen LogP contribution in [-0.4, -0.2) is 21.4 Å². The third kappa shape index (κ3) is 2.49. The Labute approximate surface area is 103 Å². The highest BCUT2D eigenvalue weighted by atomic mass is 35.5. The van der Waals surface area contributed by atoms with E-state index in [-0.39, 0.29) is 6.61 Å². The van der Waals surface area contributed by atoms with Gasteiger partial charge in [0.15, 0.2) is 6.29 Å². The van der Waals surface area contributed by atoms with Crippen LogP contribution in [0.15, 0.2) is 30.6 Å². The van der Waals surface area contributed by atoms with Gasteiger partial charge in [-0.1, -0.05) is 11.6 Å². The summed E-state index contributed by atoms with van der Waals surface area (Å²) in [7, 11) is 0. The van der Waals surface area contributed by atoms with E-state index in [4.69, 9.17) is 16.7 Å². The highest BCUT2D eigenvalue weighted by Crippen LogP contribution is 2.25. The van der Waals surface area contributed by atoms with Gasteiger partial charge < -0.3 is 5.11 Å². The lowest BCUT2D eigenvalue weighted by atomic mass is 10.1. The Morgan fingerprint density at radius 1 is 1.29 bits per heavy atom. The van der Waals surface area contributed by atoms with E-state index >= 15 is 0 Å². The van der Waals surface area contributed by atoms with Crippen molar-refractivity contribution in [3.63, 3.8) is 0 Å². The molecular formula is C12H9ClN2O2. The van der Waals surface area contributed by atoms with Crippen LogP contribution in [0.5, 0.6) is 0 Å². The number of aldehydes is 1. The van der Waals surface area contributed by atoms with Crippen LogP contribution >= 0.6 is 11.6 Å². The summed E-state index contributed by atoms with van der Waals surface area (Å²) >= 11 is 6.05. The molecule has 1 N–H and O–H groups in total. The van der Waals surface area contributed by atoms with Gasteiger partial charge in [-0.15, -0.1) is 0 Å². The maximum Gasteiger partial charge on any atom is 0.168 e. The predicted octanol–water partition coefficient (Wildman–Crippen LogP) is 2.10. The van der Waals surface area contributed by atoms with Gasteiger partial charge in [-0.25, -0.2) is 0 Å². The molecule has 0 saturated heterocycles. The van der Waals surface area contributed by atoms with E-state index in [1.165, 1.54) is 6.20 Å². The number of carbonyl (C=O) groups excluding carboxylic acids is 1. The molecule has 86 valence electrons. The van der Waals surface area contributed by atoms with E-state index in [1.54, 1.807) is 24.4 Å². The van der Waals surface area contributed by atoms with Crippen molar-refractivity contribution in [1.29, 1.82) is 0 Å². The Kier molecular flexibility index (Phi) is 3.46. The molecule has 0 amide bonds. The summed E-state index contributed by atoms with van der Waals surface area (Å²) in [4.78, 5) is 18.6. The van der Waals surface area contributed by atoms with Crippen molar-refractivity contribution in [2.75, 3.05) is 0 Å². The molecule has 2 heterocycles. The van der Waals surface area contributed by atoms with Gasteiger partial charge >= 0.3 is 0 Å². The first kappa shape index (κ1) is 11.7. The third-order valence-electron chi connectivity index (χ3n) is 2.26. The Hall–Kier alpha value is -1.78. The van der Waals surface area contributed by atoms with Crippen molar-refractivity contribution in [2.45, 2.75) is 6.61 Å². The van der Waals surface area contributed by atoms with Crippen LogP contribution in [0.4, 0.5) is 0 Å². The van der Waals surface area contributed by atoms with Crippen molar-refractivity contribution in [1.82, 2.24) is 9.97 Å². The molecule has 4 nitrogen and oxygen atoms in total. The average molecular weight is 249 g/mol. The minimum absolute atomic E-state index is 0.102. The van der Waals surface area contributed by atoms with E-state index < -0.39 is 0 Å². The van der Waals surface area contributed by atoms with Gasteiger partial charge in [-0.2, -0.15) is 0 Å². The molecule has 0 atom stereocenters. The van der Waals surface area contributed by atoms with E-state index in [9.17, 15) is 4.79 Å². The number of hydrogen-bond acceptors (Lipinski definition) is 4. The lowest BCUT2D eigenvalue weighted by Crippen LogP contribution is -1.92. The van der Waals surface area contributed by atoms with Crippen molar-refractivity contribution in [2.24, 2.45) is 0 Å². The summed E-state index contributed by atoms with van der Waals surface area (Å²) in [6.07, 6.45) is 3.76. The summed E-state index contributed by atoms with van der Waals surface area (Å²) in [5.74, 6) is 0. The smallest absolute Gasteiger partial charge is 0.168 e. The second-order valence-corrected chi connectivity index (χ2v) is 3.83. The van der Waals surface area contributed by atoms with E-state index in [0.29, 0.717) is 28.3 Å². The zero-order chi connectivity index (χ0) is 12.3. The number of hydrogen-bond donors (Lipinski definition) is 1. The van der Waals surface area contributed by atoms with Crippen molar-refractivity contribution < 1.29 is 9.90 Å². The standard InChI is InChI=1S/C12H9ClN2O2/c13-11-3-8(6-16)4-15-12(11)9-1-2-10(7-17)14-5-9/h1-5,7,16H,6H2. The highest BCUT2D eigenvalue weighted by Gasteiger charge is 2.06. The molecule has 0 unspecified atom stereocenters. The van der Waals surface area contributed by atoms with Crippen molar-refractivity contribution in [3.8, 4) is 11.3 Å². The van der Waals surface area contributed by atoms with E-state index in [0.717, 1.165) is 5.56 Å². The summed E-state index contributed by atoms with van der Waals surface area (Å²) < 4.78 is 0. The number of aliphatic hydroxyl groups is 1. The molecule has 17 heavy (non-hydrogen) atoms. The highest BCUT2D eigenvalue weighted by molar-refractivity contribution is 6.33. The van der Waals surface area contributed by atoms with Crippen LogP contribution in [-0.2, 0) is 6.61 Å². The minimum atomic E-state index is -0.102. The van der Waals surface area contributed by atoms with Crippen LogP contribution in [0.25, 0.3) is 11.3 Å². The van der Waals surface area contributed by atoms with Gasteiger partial charge in [0.1, 0.15) is 5.69 Å². The number of pyridine rings is 2. The SMILES string of the molecule is O=Cc1ccc(-c2ncc(CO)cc2Cl)cn1. The molecule has 2 aromatic rings. The quantitative estimate of drug-likeness (QED) is 0.845. The van der Waals surface area contributed by atoms with Crippen molar-refractivity contribution in [3.05, 3.63) is 46.9 Å². The summed E-state index contributed by atoms with van der Waals surface area (Å²) in [6, 6.07) is 4.97. The third-order valence-corrected chi connectivity index (χ3v) is 2.55. The maximum atomic E-state index is 10.5. The fourth-order valence-corrected chi connectivity index (χ4v) is 1.69. The normalized spacial score (nSPS) is 10.2. The predicted molar refractivity (Wildman–Crippen MR) is 63.8 cm³/mol. The molecule has 0 spiro atoms. The first-order chi connectivity index (χ1) is 8.24. The molecule has 0 fully saturated rings. The molecule has 0 bridgehead atoms. The Bertz CT molecular complexity index is 541. The van der Waals surface area contributed by atoms with Crippen molar-refractivity contribution >= 4 is 17.9 Å². The Balaban J connectivity index is 2.41. The van der Waals surface area contributed by atoms with Crippen LogP contribution in [0.2, 0.25) is 5.02 Å². The monoisotopic (exact) mass is 248 g/mol. The number of halogens is 1. The second kappa shape index (κ2) is 5.03. The molecule has 5 heteroatoms. The molecule has 2 aromatic heterocycles. The number of nitrogens with zero attached hydrogens (tertiary/aromatic N) is 2. The van der Waals surface area contributed by atoms with E-state index in [2.05, 4.69) is 9.97 Å². The van der Waals surface area contributed by atoms with Crippen LogP contribution in [0.1, 0.15) is 16.1 Å². The number of rotatable bonds is 3. The first-order valence-electron chi connectivity index (χ1n) is 4.91. The molecule has 0 aliphatic heterocycles. The summed E-state index contributed by atoms with van der Waals surface area (Å²) in [6.45, 7) is -0.102. The average Bonchev–Trinajstić information content (AvgIpc) is 2.39. The van der Waals surface area contributed by atoms with Gasteiger partial charge in [-0.3, -0.25) is 14.8 Å². The zero-order valence-corrected chi connectivity index (χ0v) is 9.55. The Morgan fingerprint density at radius 2 is 2.12 bits per heavy atom. The largest absolute Gasteiger partial charge is 0.392 e. The zero-order valence-electron chi connectivity index (χ0n) is 8.80. The topological polar surface area (TPSA) is 63.1 Å². The first-order valence-corrected chi connectivity index (χ1v) is 5.29. The number of carbonyl (C=O) groups is 1. The fourth-order valence-electron chi connectivity index (χ4n) is 1.39. The van der Waals surface area contributed by atoms with E-state index in [1.807, 2.05) is 0 Å². The maximum absolute atomic E-state index is 10.5. The fraction of sp³-hybridized carbons (Fsp3) is 0.0833. The molecule has 2 rings (SSSR count). The number of aliphatic hydroxyl groups excluding tert-OH is 1. The van der Waals surface area contributed by atoms with Crippen LogP contribution in [0.3, 0.4) is 0 Å². The molecule has 0 radical (unpaired) electrons.